The Morgan fingerprint density at radius 2 is 1.56 bits per heavy atom. The molecule has 0 bridgehead atoms. The van der Waals surface area contributed by atoms with Crippen LogP contribution in [0.15, 0.2) is 0 Å². The molecule has 2 aliphatic rings. The van der Waals surface area contributed by atoms with Gasteiger partial charge in [-0.15, -0.1) is 0 Å². The molecule has 4 atom stereocenters. The highest BCUT2D eigenvalue weighted by molar-refractivity contribution is 5.22. The lowest BCUT2D eigenvalue weighted by molar-refractivity contribution is 0.00801. The minimum Gasteiger partial charge on any atom is -0.305 e. The molecule has 2 heteroatoms. The van der Waals surface area contributed by atoms with Gasteiger partial charge in [0.05, 0.1) is 0 Å². The number of likely N-dealkylation sites (tertiary alicyclic amines) is 1. The lowest BCUT2D eigenvalue weighted by Crippen LogP contribution is -2.57. The number of nitrogens with one attached hydrogen (secondary N) is 1. The molecule has 1 N–H and O–H groups in total. The smallest absolute Gasteiger partial charge is 0.0402 e. The van der Waals surface area contributed by atoms with Crippen LogP contribution in [0.25, 0.3) is 0 Å². The maximum Gasteiger partial charge on any atom is 0.0402 e. The van der Waals surface area contributed by atoms with Crippen molar-refractivity contribution in [3.8, 4) is 0 Å². The van der Waals surface area contributed by atoms with Crippen LogP contribution >= 0.6 is 0 Å². The molecule has 2 aliphatic heterocycles. The van der Waals surface area contributed by atoms with Gasteiger partial charge >= 0.3 is 0 Å². The molecule has 94 valence electrons. The zero-order chi connectivity index (χ0) is 12.3. The molecule has 2 nitrogen and oxygen atoms in total. The van der Waals surface area contributed by atoms with Crippen LogP contribution in [-0.4, -0.2) is 34.6 Å². The minimum absolute atomic E-state index is 0.285. The van der Waals surface area contributed by atoms with Crippen molar-refractivity contribution in [1.82, 2.24) is 10.2 Å². The molecule has 0 spiro atoms. The molecule has 0 radical (unpaired) electrons. The molecule has 0 saturated carbocycles. The number of hydrogen-bond acceptors (Lipinski definition) is 2. The maximum absolute atomic E-state index is 3.69. The van der Waals surface area contributed by atoms with E-state index >= 15 is 0 Å². The van der Waals surface area contributed by atoms with Gasteiger partial charge in [0.1, 0.15) is 0 Å². The van der Waals surface area contributed by atoms with Gasteiger partial charge in [0.15, 0.2) is 0 Å². The highest BCUT2D eigenvalue weighted by atomic mass is 15.4. The van der Waals surface area contributed by atoms with Crippen molar-refractivity contribution in [2.75, 3.05) is 0 Å². The summed E-state index contributed by atoms with van der Waals surface area (Å²) in [6.07, 6.45) is 1.26. The van der Waals surface area contributed by atoms with Crippen LogP contribution in [0.1, 0.15) is 54.9 Å². The first-order valence-electron chi connectivity index (χ1n) is 6.72. The van der Waals surface area contributed by atoms with Gasteiger partial charge in [-0.05, 0) is 32.6 Å². The summed E-state index contributed by atoms with van der Waals surface area (Å²) < 4.78 is 0. The van der Waals surface area contributed by atoms with Gasteiger partial charge in [-0.25, -0.2) is 0 Å². The standard InChI is InChI=1S/C14H28N2/c1-8-9-10-11(15-10)12(13(2,3)4)16(9)14(5,6)7/h9-12,15H,8H2,1-7H3/t9-,10?,11?,12?/m1/s1. The van der Waals surface area contributed by atoms with Crippen LogP contribution in [0.3, 0.4) is 0 Å². The quantitative estimate of drug-likeness (QED) is 0.693. The molecular formula is C14H28N2. The van der Waals surface area contributed by atoms with Crippen molar-refractivity contribution in [3.63, 3.8) is 0 Å². The van der Waals surface area contributed by atoms with Gasteiger partial charge in [-0.2, -0.15) is 0 Å². The summed E-state index contributed by atoms with van der Waals surface area (Å²) in [5.74, 6) is 0. The van der Waals surface area contributed by atoms with E-state index in [9.17, 15) is 0 Å². The summed E-state index contributed by atoms with van der Waals surface area (Å²) in [5.41, 5.74) is 0.650. The third-order valence-corrected chi connectivity index (χ3v) is 4.15. The minimum atomic E-state index is 0.285. The first-order valence-corrected chi connectivity index (χ1v) is 6.72. The van der Waals surface area contributed by atoms with Crippen LogP contribution in [0.4, 0.5) is 0 Å². The zero-order valence-corrected chi connectivity index (χ0v) is 12.0. The lowest BCUT2D eigenvalue weighted by atomic mass is 9.83. The molecule has 0 aromatic heterocycles. The van der Waals surface area contributed by atoms with Crippen LogP contribution < -0.4 is 5.32 Å². The van der Waals surface area contributed by atoms with E-state index in [1.54, 1.807) is 0 Å². The summed E-state index contributed by atoms with van der Waals surface area (Å²) in [7, 11) is 0. The number of rotatable bonds is 1. The second-order valence-corrected chi connectivity index (χ2v) is 7.58. The molecule has 3 unspecified atom stereocenters. The molecule has 2 saturated heterocycles. The molecule has 0 aromatic rings. The number of hydrogen-bond donors (Lipinski definition) is 1. The molecular weight excluding hydrogens is 196 g/mol. The molecule has 2 rings (SSSR count). The second kappa shape index (κ2) is 3.46. The van der Waals surface area contributed by atoms with Gasteiger partial charge < -0.3 is 5.32 Å². The molecule has 0 aromatic carbocycles. The molecule has 2 heterocycles. The summed E-state index contributed by atoms with van der Waals surface area (Å²) in [5, 5.41) is 3.69. The van der Waals surface area contributed by atoms with Crippen molar-refractivity contribution in [1.29, 1.82) is 0 Å². The maximum atomic E-state index is 3.69. The van der Waals surface area contributed by atoms with Crippen molar-refractivity contribution >= 4 is 0 Å². The number of piperazine rings is 1. The van der Waals surface area contributed by atoms with E-state index < -0.39 is 0 Å². The van der Waals surface area contributed by atoms with Crippen LogP contribution in [0.2, 0.25) is 0 Å². The van der Waals surface area contributed by atoms with E-state index in [0.717, 1.165) is 18.1 Å². The monoisotopic (exact) mass is 224 g/mol. The van der Waals surface area contributed by atoms with E-state index in [2.05, 4.69) is 58.7 Å². The predicted octanol–water partition coefficient (Wildman–Crippen LogP) is 2.63. The lowest BCUT2D eigenvalue weighted by Gasteiger charge is -2.47. The summed E-state index contributed by atoms with van der Waals surface area (Å²) in [6, 6.07) is 2.91. The van der Waals surface area contributed by atoms with Crippen molar-refractivity contribution in [3.05, 3.63) is 0 Å². The average molecular weight is 224 g/mol. The highest BCUT2D eigenvalue weighted by Gasteiger charge is 2.62. The fourth-order valence-electron chi connectivity index (χ4n) is 3.68. The third kappa shape index (κ3) is 1.80. The number of nitrogens with zero attached hydrogens (tertiary/aromatic N) is 1. The fourth-order valence-corrected chi connectivity index (χ4v) is 3.68. The first kappa shape index (κ1) is 12.4. The Morgan fingerprint density at radius 3 is 1.94 bits per heavy atom. The number of fused-ring (bicyclic) bond motifs is 1. The van der Waals surface area contributed by atoms with E-state index in [1.807, 2.05) is 0 Å². The van der Waals surface area contributed by atoms with E-state index in [1.165, 1.54) is 6.42 Å². The molecule has 0 aliphatic carbocycles. The normalized spacial score (nSPS) is 39.9. The first-order chi connectivity index (χ1) is 7.18. The fraction of sp³-hybridized carbons (Fsp3) is 1.00. The van der Waals surface area contributed by atoms with E-state index in [4.69, 9.17) is 0 Å². The molecule has 0 amide bonds. The van der Waals surface area contributed by atoms with Crippen LogP contribution in [0, 0.1) is 5.41 Å². The SMILES string of the molecule is CC[C@@H]1C2NC2C(C(C)(C)C)N1C(C)(C)C. The Hall–Kier alpha value is -0.0800. The Balaban J connectivity index is 2.30. The molecule has 16 heavy (non-hydrogen) atoms. The van der Waals surface area contributed by atoms with Gasteiger partial charge in [-0.3, -0.25) is 4.90 Å². The van der Waals surface area contributed by atoms with Crippen molar-refractivity contribution in [2.24, 2.45) is 5.41 Å². The zero-order valence-electron chi connectivity index (χ0n) is 12.0. The Kier molecular flexibility index (Phi) is 2.67. The topological polar surface area (TPSA) is 25.2 Å². The summed E-state index contributed by atoms with van der Waals surface area (Å²) in [6.45, 7) is 16.5. The van der Waals surface area contributed by atoms with Crippen LogP contribution in [0.5, 0.6) is 0 Å². The van der Waals surface area contributed by atoms with E-state index in [0.29, 0.717) is 11.5 Å². The van der Waals surface area contributed by atoms with Gasteiger partial charge in [0, 0.05) is 29.7 Å². The Bertz CT molecular complexity index is 271. The third-order valence-electron chi connectivity index (χ3n) is 4.15. The van der Waals surface area contributed by atoms with Gasteiger partial charge in [0.25, 0.3) is 0 Å². The van der Waals surface area contributed by atoms with Gasteiger partial charge in [-0.1, -0.05) is 27.7 Å². The van der Waals surface area contributed by atoms with Gasteiger partial charge in [0.2, 0.25) is 0 Å². The Morgan fingerprint density at radius 1 is 1.00 bits per heavy atom. The van der Waals surface area contributed by atoms with E-state index in [-0.39, 0.29) is 5.54 Å². The highest BCUT2D eigenvalue weighted by Crippen LogP contribution is 2.47. The largest absolute Gasteiger partial charge is 0.305 e. The summed E-state index contributed by atoms with van der Waals surface area (Å²) in [4.78, 5) is 2.78. The predicted molar refractivity (Wildman–Crippen MR) is 69.6 cm³/mol. The molecule has 2 fully saturated rings. The van der Waals surface area contributed by atoms with Crippen molar-refractivity contribution in [2.45, 2.75) is 84.6 Å². The Labute approximate surface area is 101 Å². The summed E-state index contributed by atoms with van der Waals surface area (Å²) >= 11 is 0. The van der Waals surface area contributed by atoms with Crippen molar-refractivity contribution < 1.29 is 0 Å². The van der Waals surface area contributed by atoms with Crippen LogP contribution in [-0.2, 0) is 0 Å². The second-order valence-electron chi connectivity index (χ2n) is 7.58. The average Bonchev–Trinajstić information content (AvgIpc) is 2.75.